The summed E-state index contributed by atoms with van der Waals surface area (Å²) in [7, 11) is 2.13. The zero-order valence-electron chi connectivity index (χ0n) is 12.6. The number of nitrogens with two attached hydrogens (primary N) is 1. The fourth-order valence-corrected chi connectivity index (χ4v) is 2.25. The lowest BCUT2D eigenvalue weighted by Gasteiger charge is -2.20. The summed E-state index contributed by atoms with van der Waals surface area (Å²) in [4.78, 5) is 2.26. The summed E-state index contributed by atoms with van der Waals surface area (Å²) in [5, 5.41) is 0. The maximum Gasteiger partial charge on any atom is 0.0426 e. The highest BCUT2D eigenvalue weighted by atomic mass is 15.1. The van der Waals surface area contributed by atoms with Crippen molar-refractivity contribution >= 4 is 5.69 Å². The van der Waals surface area contributed by atoms with Crippen molar-refractivity contribution < 1.29 is 0 Å². The highest BCUT2D eigenvalue weighted by molar-refractivity contribution is 5.47. The van der Waals surface area contributed by atoms with Crippen LogP contribution in [0.3, 0.4) is 0 Å². The maximum absolute atomic E-state index is 5.70. The average molecular weight is 268 g/mol. The summed E-state index contributed by atoms with van der Waals surface area (Å²) in [5.41, 5.74) is 10.9. The van der Waals surface area contributed by atoms with Crippen molar-refractivity contribution in [3.63, 3.8) is 0 Å². The van der Waals surface area contributed by atoms with Gasteiger partial charge in [-0.1, -0.05) is 48.9 Å². The molecule has 0 aliphatic carbocycles. The van der Waals surface area contributed by atoms with E-state index in [-0.39, 0.29) is 0 Å². The fourth-order valence-electron chi connectivity index (χ4n) is 2.25. The van der Waals surface area contributed by atoms with Crippen LogP contribution in [-0.2, 0) is 6.54 Å². The van der Waals surface area contributed by atoms with Crippen molar-refractivity contribution in [1.29, 1.82) is 0 Å². The van der Waals surface area contributed by atoms with E-state index in [2.05, 4.69) is 74.3 Å². The third kappa shape index (κ3) is 3.61. The van der Waals surface area contributed by atoms with Gasteiger partial charge in [0.1, 0.15) is 0 Å². The van der Waals surface area contributed by atoms with Crippen LogP contribution < -0.4 is 10.6 Å². The van der Waals surface area contributed by atoms with Crippen LogP contribution in [0.25, 0.3) is 0 Å². The number of anilines is 1. The largest absolute Gasteiger partial charge is 0.370 e. The summed E-state index contributed by atoms with van der Waals surface area (Å²) in [5.74, 6) is 0.430. The first kappa shape index (κ1) is 14.6. The van der Waals surface area contributed by atoms with Crippen LogP contribution >= 0.6 is 0 Å². The number of rotatable bonds is 5. The van der Waals surface area contributed by atoms with E-state index < -0.39 is 0 Å². The molecule has 0 saturated carbocycles. The molecule has 2 aromatic carbocycles. The van der Waals surface area contributed by atoms with E-state index in [1.54, 1.807) is 0 Å². The lowest BCUT2D eigenvalue weighted by atomic mass is 10.00. The topological polar surface area (TPSA) is 29.3 Å². The van der Waals surface area contributed by atoms with Crippen molar-refractivity contribution in [3.05, 3.63) is 65.2 Å². The highest BCUT2D eigenvalue weighted by Gasteiger charge is 2.05. The van der Waals surface area contributed by atoms with Crippen molar-refractivity contribution in [3.8, 4) is 0 Å². The first-order chi connectivity index (χ1) is 9.60. The second kappa shape index (κ2) is 6.58. The molecule has 0 fully saturated rings. The Morgan fingerprint density at radius 3 is 2.15 bits per heavy atom. The van der Waals surface area contributed by atoms with E-state index in [4.69, 9.17) is 5.73 Å². The molecule has 0 amide bonds. The number of aryl methyl sites for hydroxylation is 1. The van der Waals surface area contributed by atoms with Gasteiger partial charge in [0.25, 0.3) is 0 Å². The number of hydrogen-bond acceptors (Lipinski definition) is 2. The normalized spacial score (nSPS) is 12.2. The molecular weight excluding hydrogens is 244 g/mol. The Kier molecular flexibility index (Phi) is 4.80. The van der Waals surface area contributed by atoms with Gasteiger partial charge in [-0.2, -0.15) is 0 Å². The molecular formula is C18H24N2. The predicted octanol–water partition coefficient (Wildman–Crippen LogP) is 3.69. The standard InChI is InChI=1S/C18H24N2/c1-14-4-10-18(11-5-14)20(3)13-16-6-8-17(9-7-16)15(2)12-19/h4-11,15H,12-13,19H2,1-3H3. The smallest absolute Gasteiger partial charge is 0.0426 e. The number of nitrogens with zero attached hydrogens (tertiary/aromatic N) is 1. The summed E-state index contributed by atoms with van der Waals surface area (Å²) >= 11 is 0. The molecule has 0 heterocycles. The first-order valence-corrected chi connectivity index (χ1v) is 7.17. The van der Waals surface area contributed by atoms with Gasteiger partial charge in [0.2, 0.25) is 0 Å². The van der Waals surface area contributed by atoms with Crippen molar-refractivity contribution in [2.45, 2.75) is 26.3 Å². The van der Waals surface area contributed by atoms with Crippen molar-refractivity contribution in [2.24, 2.45) is 5.73 Å². The van der Waals surface area contributed by atoms with Gasteiger partial charge in [0, 0.05) is 19.3 Å². The predicted molar refractivity (Wildman–Crippen MR) is 87.2 cm³/mol. The average Bonchev–Trinajstić information content (AvgIpc) is 2.48. The number of hydrogen-bond donors (Lipinski definition) is 1. The highest BCUT2D eigenvalue weighted by Crippen LogP contribution is 2.18. The second-order valence-electron chi connectivity index (χ2n) is 5.57. The van der Waals surface area contributed by atoms with Crippen molar-refractivity contribution in [2.75, 3.05) is 18.5 Å². The van der Waals surface area contributed by atoms with E-state index in [0.717, 1.165) is 6.54 Å². The summed E-state index contributed by atoms with van der Waals surface area (Å²) in [6, 6.07) is 17.4. The molecule has 0 saturated heterocycles. The van der Waals surface area contributed by atoms with Gasteiger partial charge in [0.05, 0.1) is 0 Å². The third-order valence-electron chi connectivity index (χ3n) is 3.80. The molecule has 2 heteroatoms. The van der Waals surface area contributed by atoms with E-state index in [1.165, 1.54) is 22.4 Å². The summed E-state index contributed by atoms with van der Waals surface area (Å²) in [6.45, 7) is 5.89. The van der Waals surface area contributed by atoms with Crippen LogP contribution in [0.15, 0.2) is 48.5 Å². The van der Waals surface area contributed by atoms with Gasteiger partial charge in [-0.3, -0.25) is 0 Å². The van der Waals surface area contributed by atoms with E-state index in [0.29, 0.717) is 12.5 Å². The summed E-state index contributed by atoms with van der Waals surface area (Å²) < 4.78 is 0. The molecule has 20 heavy (non-hydrogen) atoms. The molecule has 0 aliphatic heterocycles. The van der Waals surface area contributed by atoms with Crippen LogP contribution in [0.5, 0.6) is 0 Å². The van der Waals surface area contributed by atoms with Crippen LogP contribution in [0.1, 0.15) is 29.5 Å². The first-order valence-electron chi connectivity index (χ1n) is 7.17. The zero-order valence-corrected chi connectivity index (χ0v) is 12.6. The molecule has 1 atom stereocenters. The van der Waals surface area contributed by atoms with Gasteiger partial charge in [-0.05, 0) is 42.6 Å². The lowest BCUT2D eigenvalue weighted by Crippen LogP contribution is -2.16. The van der Waals surface area contributed by atoms with Crippen LogP contribution in [0.4, 0.5) is 5.69 Å². The van der Waals surface area contributed by atoms with E-state index >= 15 is 0 Å². The van der Waals surface area contributed by atoms with Crippen LogP contribution in [0.2, 0.25) is 0 Å². The molecule has 1 unspecified atom stereocenters. The third-order valence-corrected chi connectivity index (χ3v) is 3.80. The molecule has 0 bridgehead atoms. The molecule has 2 nitrogen and oxygen atoms in total. The van der Waals surface area contributed by atoms with Gasteiger partial charge in [-0.15, -0.1) is 0 Å². The maximum atomic E-state index is 5.70. The van der Waals surface area contributed by atoms with Crippen LogP contribution in [-0.4, -0.2) is 13.6 Å². The summed E-state index contributed by atoms with van der Waals surface area (Å²) in [6.07, 6.45) is 0. The van der Waals surface area contributed by atoms with E-state index in [9.17, 15) is 0 Å². The molecule has 0 radical (unpaired) electrons. The number of benzene rings is 2. The minimum atomic E-state index is 0.430. The Morgan fingerprint density at radius 2 is 1.60 bits per heavy atom. The minimum absolute atomic E-state index is 0.430. The van der Waals surface area contributed by atoms with E-state index in [1.807, 2.05) is 0 Å². The lowest BCUT2D eigenvalue weighted by molar-refractivity contribution is 0.773. The van der Waals surface area contributed by atoms with Gasteiger partial charge >= 0.3 is 0 Å². The Bertz CT molecular complexity index is 528. The monoisotopic (exact) mass is 268 g/mol. The Hall–Kier alpha value is -1.80. The van der Waals surface area contributed by atoms with Gasteiger partial charge in [0.15, 0.2) is 0 Å². The van der Waals surface area contributed by atoms with Crippen LogP contribution in [0, 0.1) is 6.92 Å². The minimum Gasteiger partial charge on any atom is -0.370 e. The molecule has 2 rings (SSSR count). The molecule has 0 aliphatic rings. The van der Waals surface area contributed by atoms with Crippen molar-refractivity contribution in [1.82, 2.24) is 0 Å². The molecule has 0 aromatic heterocycles. The van der Waals surface area contributed by atoms with Gasteiger partial charge < -0.3 is 10.6 Å². The van der Waals surface area contributed by atoms with Gasteiger partial charge in [-0.25, -0.2) is 0 Å². The SMILES string of the molecule is Cc1ccc(N(C)Cc2ccc(C(C)CN)cc2)cc1. The Balaban J connectivity index is 2.04. The zero-order chi connectivity index (χ0) is 14.5. The molecule has 0 spiro atoms. The molecule has 106 valence electrons. The Labute approximate surface area is 122 Å². The second-order valence-corrected chi connectivity index (χ2v) is 5.57. The molecule has 2 N–H and O–H groups in total. The fraction of sp³-hybridized carbons (Fsp3) is 0.333. The Morgan fingerprint density at radius 1 is 1.00 bits per heavy atom. The molecule has 2 aromatic rings. The quantitative estimate of drug-likeness (QED) is 0.896.